The van der Waals surface area contributed by atoms with E-state index in [1.54, 1.807) is 11.0 Å². The second kappa shape index (κ2) is 5.76. The van der Waals surface area contributed by atoms with Crippen LogP contribution in [-0.4, -0.2) is 35.0 Å². The van der Waals surface area contributed by atoms with Crippen LogP contribution >= 0.6 is 0 Å². The Labute approximate surface area is 153 Å². The summed E-state index contributed by atoms with van der Waals surface area (Å²) in [6.45, 7) is 6.51. The van der Waals surface area contributed by atoms with Crippen LogP contribution in [0.2, 0.25) is 0 Å². The molecule has 2 N–H and O–H groups in total. The number of carbonyl (C=O) groups is 1. The van der Waals surface area contributed by atoms with E-state index >= 15 is 0 Å². The molecule has 128 valence electrons. The highest BCUT2D eigenvalue weighted by atomic mass is 16.2. The van der Waals surface area contributed by atoms with Crippen molar-refractivity contribution in [2.75, 3.05) is 12.3 Å². The number of hydrogen-bond donors (Lipinski definition) is 1. The van der Waals surface area contributed by atoms with Gasteiger partial charge in [0.1, 0.15) is 7.85 Å². The molecule has 1 aliphatic heterocycles. The number of aryl methyl sites for hydroxylation is 2. The highest BCUT2D eigenvalue weighted by Crippen LogP contribution is 2.37. The zero-order valence-corrected chi connectivity index (χ0v) is 14.9. The molecule has 6 heteroatoms. The molecule has 0 unspecified atom stereocenters. The Balaban J connectivity index is 1.87. The van der Waals surface area contributed by atoms with Crippen molar-refractivity contribution in [3.05, 3.63) is 59.2 Å². The van der Waals surface area contributed by atoms with Gasteiger partial charge in [-0.3, -0.25) is 9.48 Å². The monoisotopic (exact) mass is 342 g/mol. The van der Waals surface area contributed by atoms with Crippen molar-refractivity contribution in [1.29, 1.82) is 0 Å². The maximum Gasteiger partial charge on any atom is 0.256 e. The third kappa shape index (κ3) is 2.41. The van der Waals surface area contributed by atoms with Gasteiger partial charge in [-0.1, -0.05) is 12.1 Å². The Hall–Kier alpha value is -3.02. The lowest BCUT2D eigenvalue weighted by Crippen LogP contribution is -2.26. The average Bonchev–Trinajstić information content (AvgIpc) is 3.05. The number of anilines is 1. The largest absolute Gasteiger partial charge is 0.398 e. The first kappa shape index (κ1) is 16.5. The first-order chi connectivity index (χ1) is 12.4. The third-order valence-corrected chi connectivity index (χ3v) is 4.94. The molecular formula is C20H19BN4O. The van der Waals surface area contributed by atoms with E-state index < -0.39 is 0 Å². The summed E-state index contributed by atoms with van der Waals surface area (Å²) in [4.78, 5) is 14.4. The van der Waals surface area contributed by atoms with Gasteiger partial charge in [-0.15, -0.1) is 12.1 Å². The molecule has 0 fully saturated rings. The molecule has 0 atom stereocenters. The predicted octanol–water partition coefficient (Wildman–Crippen LogP) is 2.77. The number of amides is 1. The molecule has 26 heavy (non-hydrogen) atoms. The van der Waals surface area contributed by atoms with Crippen molar-refractivity contribution in [2.24, 2.45) is 7.05 Å². The number of hydrogen-bond acceptors (Lipinski definition) is 3. The highest BCUT2D eigenvalue weighted by molar-refractivity contribution is 6.21. The molecule has 4 rings (SSSR count). The maximum absolute atomic E-state index is 12.7. The molecular weight excluding hydrogens is 323 g/mol. The minimum absolute atomic E-state index is 0.0930. The molecule has 0 aliphatic carbocycles. The van der Waals surface area contributed by atoms with Crippen LogP contribution in [0.1, 0.15) is 21.6 Å². The zero-order valence-electron chi connectivity index (χ0n) is 14.9. The topological polar surface area (TPSA) is 64.2 Å². The lowest BCUT2D eigenvalue weighted by Gasteiger charge is -2.15. The maximum atomic E-state index is 12.7. The van der Waals surface area contributed by atoms with Crippen molar-refractivity contribution >= 4 is 30.3 Å². The fraction of sp³-hybridized carbons (Fsp3) is 0.200. The van der Waals surface area contributed by atoms with Crippen LogP contribution in [0.25, 0.3) is 22.0 Å². The predicted molar refractivity (Wildman–Crippen MR) is 105 cm³/mol. The van der Waals surface area contributed by atoms with Gasteiger partial charge in [0.25, 0.3) is 5.91 Å². The van der Waals surface area contributed by atoms with E-state index in [4.69, 9.17) is 13.6 Å². The molecule has 0 bridgehead atoms. The second-order valence-electron chi connectivity index (χ2n) is 6.82. The van der Waals surface area contributed by atoms with Gasteiger partial charge < -0.3 is 10.6 Å². The quantitative estimate of drug-likeness (QED) is 0.588. The van der Waals surface area contributed by atoms with Crippen LogP contribution in [0.15, 0.2) is 42.4 Å². The lowest BCUT2D eigenvalue weighted by atomic mass is 9.95. The van der Waals surface area contributed by atoms with Gasteiger partial charge in [0.2, 0.25) is 0 Å². The Morgan fingerprint density at radius 1 is 1.35 bits per heavy atom. The van der Waals surface area contributed by atoms with Crippen molar-refractivity contribution in [2.45, 2.75) is 13.5 Å². The van der Waals surface area contributed by atoms with Crippen molar-refractivity contribution < 1.29 is 4.79 Å². The van der Waals surface area contributed by atoms with Crippen molar-refractivity contribution in [3.63, 3.8) is 0 Å². The molecule has 3 aromatic rings. The first-order valence-corrected chi connectivity index (χ1v) is 8.44. The summed E-state index contributed by atoms with van der Waals surface area (Å²) in [6, 6.07) is 10.0. The molecule has 0 saturated heterocycles. The summed E-state index contributed by atoms with van der Waals surface area (Å²) in [7, 11) is 7.65. The number of nitrogens with two attached hydrogens (primary N) is 1. The number of benzene rings is 2. The van der Waals surface area contributed by atoms with E-state index in [1.165, 1.54) is 0 Å². The normalized spacial score (nSPS) is 13.5. The number of fused-ring (bicyclic) bond motifs is 2. The summed E-state index contributed by atoms with van der Waals surface area (Å²) in [6.07, 6.45) is 0. The minimum Gasteiger partial charge on any atom is -0.398 e. The van der Waals surface area contributed by atoms with E-state index in [0.29, 0.717) is 29.8 Å². The van der Waals surface area contributed by atoms with Crippen LogP contribution in [0.4, 0.5) is 5.69 Å². The first-order valence-electron chi connectivity index (χ1n) is 8.44. The van der Waals surface area contributed by atoms with E-state index in [2.05, 4.69) is 29.9 Å². The Morgan fingerprint density at radius 3 is 2.85 bits per heavy atom. The van der Waals surface area contributed by atoms with Gasteiger partial charge in [0.15, 0.2) is 0 Å². The van der Waals surface area contributed by atoms with Crippen LogP contribution in [0, 0.1) is 6.92 Å². The molecule has 2 radical (unpaired) electrons. The molecule has 2 aromatic carbocycles. The number of rotatable bonds is 3. The summed E-state index contributed by atoms with van der Waals surface area (Å²) >= 11 is 0. The van der Waals surface area contributed by atoms with E-state index in [-0.39, 0.29) is 5.91 Å². The number of nitrogen functional groups attached to an aromatic ring is 1. The van der Waals surface area contributed by atoms with Crippen LogP contribution < -0.4 is 5.73 Å². The van der Waals surface area contributed by atoms with Crippen LogP contribution in [0.3, 0.4) is 0 Å². The summed E-state index contributed by atoms with van der Waals surface area (Å²) < 4.78 is 1.87. The minimum atomic E-state index is -0.0930. The standard InChI is InChI=1S/C20H19BN4O/c1-11(21)9-25-10-16-14(5-6-17(22)19(16)20(25)26)13-4-7-18-15(8-13)12(2)23-24(18)3/h4-8H,1,9-10,22H2,2-3H3. The van der Waals surface area contributed by atoms with Gasteiger partial charge in [0, 0.05) is 31.2 Å². The van der Waals surface area contributed by atoms with Crippen LogP contribution in [0.5, 0.6) is 0 Å². The summed E-state index contributed by atoms with van der Waals surface area (Å²) in [5, 5.41) is 5.58. The van der Waals surface area contributed by atoms with Crippen LogP contribution in [-0.2, 0) is 13.6 Å². The number of nitrogens with zero attached hydrogens (tertiary/aromatic N) is 3. The van der Waals surface area contributed by atoms with Gasteiger partial charge in [0.05, 0.1) is 16.8 Å². The van der Waals surface area contributed by atoms with E-state index in [1.807, 2.05) is 24.7 Å². The van der Waals surface area contributed by atoms with Gasteiger partial charge in [-0.05, 0) is 41.8 Å². The lowest BCUT2D eigenvalue weighted by molar-refractivity contribution is 0.0795. The molecule has 2 heterocycles. The van der Waals surface area contributed by atoms with Crippen molar-refractivity contribution in [1.82, 2.24) is 14.7 Å². The molecule has 5 nitrogen and oxygen atoms in total. The smallest absolute Gasteiger partial charge is 0.256 e. The Bertz CT molecular complexity index is 1080. The fourth-order valence-electron chi connectivity index (χ4n) is 3.76. The SMILES string of the molecule is [B]C(=C)CN1Cc2c(-c3ccc4c(c3)c(C)nn4C)ccc(N)c2C1=O. The zero-order chi connectivity index (χ0) is 18.6. The molecule has 0 saturated carbocycles. The number of aromatic nitrogens is 2. The second-order valence-corrected chi connectivity index (χ2v) is 6.82. The molecule has 1 aromatic heterocycles. The summed E-state index contributed by atoms with van der Waals surface area (Å²) in [5.74, 6) is -0.0930. The number of carbonyl (C=O) groups excluding carboxylic acids is 1. The van der Waals surface area contributed by atoms with E-state index in [9.17, 15) is 4.79 Å². The third-order valence-electron chi connectivity index (χ3n) is 4.94. The molecule has 1 aliphatic rings. The van der Waals surface area contributed by atoms with Crippen molar-refractivity contribution in [3.8, 4) is 11.1 Å². The van der Waals surface area contributed by atoms with Gasteiger partial charge in [-0.2, -0.15) is 5.10 Å². The fourth-order valence-corrected chi connectivity index (χ4v) is 3.76. The molecule has 0 spiro atoms. The van der Waals surface area contributed by atoms with E-state index in [0.717, 1.165) is 33.3 Å². The average molecular weight is 342 g/mol. The molecule has 1 amide bonds. The Morgan fingerprint density at radius 2 is 2.12 bits per heavy atom. The van der Waals surface area contributed by atoms with Gasteiger partial charge in [-0.25, -0.2) is 0 Å². The highest BCUT2D eigenvalue weighted by Gasteiger charge is 2.31. The van der Waals surface area contributed by atoms with Gasteiger partial charge >= 0.3 is 0 Å². The Kier molecular flexibility index (Phi) is 3.65. The summed E-state index contributed by atoms with van der Waals surface area (Å²) in [5.41, 5.74) is 12.7.